The van der Waals surface area contributed by atoms with E-state index >= 15 is 0 Å². The van der Waals surface area contributed by atoms with Gasteiger partial charge in [0, 0.05) is 6.42 Å². The Balaban J connectivity index is 1.57. The highest BCUT2D eigenvalue weighted by Crippen LogP contribution is 2.33. The number of rotatable bonds is 33. The molecule has 19 heteroatoms. The van der Waals surface area contributed by atoms with Gasteiger partial charge < -0.3 is 89.9 Å². The maximum atomic E-state index is 13.1. The van der Waals surface area contributed by atoms with Crippen LogP contribution in [0, 0.1) is 0 Å². The van der Waals surface area contributed by atoms with Gasteiger partial charge in [-0.05, 0) is 12.8 Å². The van der Waals surface area contributed by atoms with E-state index in [1.165, 1.54) is 57.8 Å². The van der Waals surface area contributed by atoms with Gasteiger partial charge in [0.25, 0.3) is 0 Å². The molecule has 3 rings (SSSR count). The quantitative estimate of drug-likeness (QED) is 0.0400. The second-order valence-corrected chi connectivity index (χ2v) is 17.9. The van der Waals surface area contributed by atoms with Gasteiger partial charge >= 0.3 is 0 Å². The van der Waals surface area contributed by atoms with Crippen LogP contribution in [0.15, 0.2) is 0 Å². The second-order valence-electron chi connectivity index (χ2n) is 17.9. The molecule has 0 aromatic carbocycles. The first-order valence-corrected chi connectivity index (χ1v) is 24.3. The van der Waals surface area contributed by atoms with Crippen molar-refractivity contribution in [3.8, 4) is 0 Å². The molecule has 19 nitrogen and oxygen atoms in total. The van der Waals surface area contributed by atoms with Crippen molar-refractivity contribution < 1.29 is 89.4 Å². The fraction of sp³-hybridized carbons (Fsp3) is 0.978. The number of ether oxygens (including phenoxy) is 6. The fourth-order valence-corrected chi connectivity index (χ4v) is 8.55. The van der Waals surface area contributed by atoms with Crippen molar-refractivity contribution in [3.05, 3.63) is 0 Å². The summed E-state index contributed by atoms with van der Waals surface area (Å²) in [7, 11) is 0. The Labute approximate surface area is 379 Å². The third-order valence-electron chi connectivity index (χ3n) is 12.7. The van der Waals surface area contributed by atoms with E-state index in [2.05, 4.69) is 19.2 Å². The average Bonchev–Trinajstić information content (AvgIpc) is 3.29. The Kier molecular flexibility index (Phi) is 28.3. The van der Waals surface area contributed by atoms with E-state index < -0.39 is 124 Å². The lowest BCUT2D eigenvalue weighted by Gasteiger charge is -2.48. The summed E-state index contributed by atoms with van der Waals surface area (Å²) in [5.74, 6) is -0.252. The zero-order valence-electron chi connectivity index (χ0n) is 38.3. The van der Waals surface area contributed by atoms with Crippen LogP contribution in [0.5, 0.6) is 0 Å². The van der Waals surface area contributed by atoms with Crippen LogP contribution in [0.4, 0.5) is 0 Å². The lowest BCUT2D eigenvalue weighted by molar-refractivity contribution is -0.379. The molecule has 0 saturated carbocycles. The summed E-state index contributed by atoms with van der Waals surface area (Å²) in [4.78, 5) is 13.1. The highest BCUT2D eigenvalue weighted by Gasteiger charge is 2.53. The number of nitrogens with one attached hydrogen (secondary N) is 1. The number of hydrogen-bond donors (Lipinski definition) is 12. The molecule has 3 heterocycles. The second kappa shape index (κ2) is 31.8. The summed E-state index contributed by atoms with van der Waals surface area (Å²) >= 11 is 0. The van der Waals surface area contributed by atoms with Gasteiger partial charge in [0.1, 0.15) is 73.2 Å². The normalized spacial score (nSPS) is 34.4. The summed E-state index contributed by atoms with van der Waals surface area (Å²) in [6.45, 7) is 1.68. The van der Waals surface area contributed by atoms with Crippen molar-refractivity contribution >= 4 is 5.91 Å². The zero-order chi connectivity index (χ0) is 47.0. The van der Waals surface area contributed by atoms with Gasteiger partial charge in [0.05, 0.1) is 38.6 Å². The molecule has 0 spiro atoms. The minimum atomic E-state index is -1.97. The van der Waals surface area contributed by atoms with E-state index in [1.807, 2.05) is 0 Å². The molecular formula is C45H85NO18. The van der Waals surface area contributed by atoms with E-state index in [1.54, 1.807) is 0 Å². The SMILES string of the molecule is CCCCCCCCCCCCCCC(O)C(COC1OC(CO)C(OC2OC(CO)C(OC3OC(CO)C(O)C(O)C3O)C(O)C2O)C(O)C1O)NC(=O)CCCCCCCCC. The van der Waals surface area contributed by atoms with Gasteiger partial charge in [-0.25, -0.2) is 0 Å². The molecule has 17 atom stereocenters. The number of carbonyl (C=O) groups is 1. The fourth-order valence-electron chi connectivity index (χ4n) is 8.55. The number of hydrogen-bond acceptors (Lipinski definition) is 18. The first-order valence-electron chi connectivity index (χ1n) is 24.3. The monoisotopic (exact) mass is 928 g/mol. The Morgan fingerprint density at radius 3 is 1.36 bits per heavy atom. The lowest BCUT2D eigenvalue weighted by atomic mass is 9.96. The Bertz CT molecular complexity index is 1200. The van der Waals surface area contributed by atoms with E-state index in [0.717, 1.165) is 57.8 Å². The van der Waals surface area contributed by atoms with E-state index in [9.17, 15) is 61.0 Å². The lowest BCUT2D eigenvalue weighted by Crippen LogP contribution is -2.66. The van der Waals surface area contributed by atoms with Gasteiger partial charge in [0.15, 0.2) is 18.9 Å². The molecule has 3 saturated heterocycles. The molecule has 378 valence electrons. The van der Waals surface area contributed by atoms with Crippen molar-refractivity contribution in [1.29, 1.82) is 0 Å². The van der Waals surface area contributed by atoms with Crippen molar-refractivity contribution in [3.63, 3.8) is 0 Å². The minimum absolute atomic E-state index is 0.252. The van der Waals surface area contributed by atoms with Crippen LogP contribution >= 0.6 is 0 Å². The minimum Gasteiger partial charge on any atom is -0.394 e. The summed E-state index contributed by atoms with van der Waals surface area (Å²) in [5, 5.41) is 119. The van der Waals surface area contributed by atoms with Crippen molar-refractivity contribution in [1.82, 2.24) is 5.32 Å². The number of aliphatic hydroxyl groups is 11. The molecule has 64 heavy (non-hydrogen) atoms. The Morgan fingerprint density at radius 1 is 0.500 bits per heavy atom. The molecular weight excluding hydrogens is 842 g/mol. The highest BCUT2D eigenvalue weighted by atomic mass is 16.8. The molecule has 0 aliphatic carbocycles. The maximum Gasteiger partial charge on any atom is 0.220 e. The van der Waals surface area contributed by atoms with Crippen LogP contribution in [-0.4, -0.2) is 193 Å². The van der Waals surface area contributed by atoms with Gasteiger partial charge in [-0.15, -0.1) is 0 Å². The number of unbranched alkanes of at least 4 members (excludes halogenated alkanes) is 17. The standard InChI is InChI=1S/C45H85NO18/c1-3-5-7-9-11-12-13-14-15-17-18-20-22-29(50)28(46-33(51)23-21-19-16-10-8-6-4-2)27-59-43-39(57)36(54)41(31(25-48)61-43)64-45-40(58)37(55)42(32(26-49)62-45)63-44-38(56)35(53)34(52)30(24-47)60-44/h28-32,34-45,47-50,52-58H,3-27H2,1-2H3,(H,46,51). The average molecular weight is 928 g/mol. The molecule has 12 N–H and O–H groups in total. The largest absolute Gasteiger partial charge is 0.394 e. The maximum absolute atomic E-state index is 13.1. The van der Waals surface area contributed by atoms with Crippen LogP contribution in [0.1, 0.15) is 149 Å². The predicted molar refractivity (Wildman–Crippen MR) is 231 cm³/mol. The predicted octanol–water partition coefficient (Wildman–Crippen LogP) is 0.529. The van der Waals surface area contributed by atoms with Crippen LogP contribution in [-0.2, 0) is 33.2 Å². The molecule has 0 aromatic heterocycles. The van der Waals surface area contributed by atoms with Crippen molar-refractivity contribution in [2.75, 3.05) is 26.4 Å². The van der Waals surface area contributed by atoms with Crippen LogP contribution < -0.4 is 5.32 Å². The number of carbonyl (C=O) groups excluding carboxylic acids is 1. The summed E-state index contributed by atoms with van der Waals surface area (Å²) in [6.07, 6.45) is -4.61. The van der Waals surface area contributed by atoms with Crippen LogP contribution in [0.3, 0.4) is 0 Å². The molecule has 1 amide bonds. The highest BCUT2D eigenvalue weighted by molar-refractivity contribution is 5.76. The molecule has 0 radical (unpaired) electrons. The smallest absolute Gasteiger partial charge is 0.220 e. The number of aliphatic hydroxyl groups excluding tert-OH is 11. The van der Waals surface area contributed by atoms with Crippen LogP contribution in [0.25, 0.3) is 0 Å². The summed E-state index contributed by atoms with van der Waals surface area (Å²) in [6, 6.07) is -0.875. The molecule has 0 bridgehead atoms. The van der Waals surface area contributed by atoms with E-state index in [0.29, 0.717) is 12.8 Å². The summed E-state index contributed by atoms with van der Waals surface area (Å²) in [5.41, 5.74) is 0. The third kappa shape index (κ3) is 18.4. The summed E-state index contributed by atoms with van der Waals surface area (Å²) < 4.78 is 34.0. The molecule has 3 fully saturated rings. The molecule has 3 aliphatic rings. The van der Waals surface area contributed by atoms with Crippen molar-refractivity contribution in [2.45, 2.75) is 253 Å². The van der Waals surface area contributed by atoms with E-state index in [-0.39, 0.29) is 18.9 Å². The first-order chi connectivity index (χ1) is 30.8. The van der Waals surface area contributed by atoms with E-state index in [4.69, 9.17) is 28.4 Å². The number of amides is 1. The Morgan fingerprint density at radius 2 is 0.891 bits per heavy atom. The zero-order valence-corrected chi connectivity index (χ0v) is 38.3. The molecule has 3 aliphatic heterocycles. The molecule has 0 aromatic rings. The van der Waals surface area contributed by atoms with Crippen LogP contribution in [0.2, 0.25) is 0 Å². The third-order valence-corrected chi connectivity index (χ3v) is 12.7. The van der Waals surface area contributed by atoms with Gasteiger partial charge in [-0.1, -0.05) is 129 Å². The Hall–Kier alpha value is -1.21. The van der Waals surface area contributed by atoms with Gasteiger partial charge in [-0.2, -0.15) is 0 Å². The van der Waals surface area contributed by atoms with Crippen molar-refractivity contribution in [2.24, 2.45) is 0 Å². The molecule has 17 unspecified atom stereocenters. The van der Waals surface area contributed by atoms with Gasteiger partial charge in [0.2, 0.25) is 5.91 Å². The topological polar surface area (TPSA) is 307 Å². The first kappa shape index (κ1) is 57.1. The van der Waals surface area contributed by atoms with Gasteiger partial charge in [-0.3, -0.25) is 4.79 Å².